The van der Waals surface area contributed by atoms with Crippen molar-refractivity contribution in [2.45, 2.75) is 32.4 Å². The smallest absolute Gasteiger partial charge is 0.137 e. The fourth-order valence-corrected chi connectivity index (χ4v) is 2.21. The van der Waals surface area contributed by atoms with Crippen molar-refractivity contribution in [3.63, 3.8) is 0 Å². The number of hydrogen-bond donors (Lipinski definition) is 1. The summed E-state index contributed by atoms with van der Waals surface area (Å²) in [6, 6.07) is 5.04. The van der Waals surface area contributed by atoms with E-state index in [2.05, 4.69) is 35.1 Å². The summed E-state index contributed by atoms with van der Waals surface area (Å²) >= 11 is 8.89. The second-order valence-corrected chi connectivity index (χ2v) is 5.66. The van der Waals surface area contributed by atoms with E-state index < -0.39 is 0 Å². The van der Waals surface area contributed by atoms with Crippen LogP contribution < -0.4 is 5.32 Å². The first-order valence-electron chi connectivity index (χ1n) is 5.19. The molecule has 0 radical (unpaired) electrons. The average Bonchev–Trinajstić information content (AvgIpc) is 2.20. The third-order valence-electron chi connectivity index (χ3n) is 2.47. The Morgan fingerprint density at radius 1 is 1.44 bits per heavy atom. The summed E-state index contributed by atoms with van der Waals surface area (Å²) < 4.78 is 13.5. The molecule has 0 aliphatic carbocycles. The Morgan fingerprint density at radius 2 is 2.12 bits per heavy atom. The van der Waals surface area contributed by atoms with E-state index in [4.69, 9.17) is 11.6 Å². The van der Waals surface area contributed by atoms with Gasteiger partial charge in [-0.3, -0.25) is 0 Å². The zero-order chi connectivity index (χ0) is 12.2. The third kappa shape index (κ3) is 4.40. The molecule has 1 rings (SSSR count). The van der Waals surface area contributed by atoms with Crippen LogP contribution in [0.3, 0.4) is 0 Å². The molecule has 0 aliphatic heterocycles. The van der Waals surface area contributed by atoms with Crippen LogP contribution >= 0.6 is 27.5 Å². The summed E-state index contributed by atoms with van der Waals surface area (Å²) in [7, 11) is 0. The van der Waals surface area contributed by atoms with Crippen molar-refractivity contribution in [1.29, 1.82) is 0 Å². The molecule has 0 fully saturated rings. The molecule has 0 unspecified atom stereocenters. The maximum atomic E-state index is 13.0. The van der Waals surface area contributed by atoms with E-state index in [1.54, 1.807) is 12.1 Å². The van der Waals surface area contributed by atoms with E-state index in [-0.39, 0.29) is 11.4 Å². The van der Waals surface area contributed by atoms with Gasteiger partial charge >= 0.3 is 0 Å². The van der Waals surface area contributed by atoms with Gasteiger partial charge in [-0.25, -0.2) is 4.39 Å². The monoisotopic (exact) mass is 307 g/mol. The molecule has 0 heterocycles. The van der Waals surface area contributed by atoms with Crippen molar-refractivity contribution in [3.8, 4) is 0 Å². The fraction of sp³-hybridized carbons (Fsp3) is 0.500. The summed E-state index contributed by atoms with van der Waals surface area (Å²) in [4.78, 5) is 0. The molecule has 90 valence electrons. The topological polar surface area (TPSA) is 12.0 Å². The lowest BCUT2D eigenvalue weighted by Gasteiger charge is -2.25. The predicted octanol–water partition coefficient (Wildman–Crippen LogP) is 4.09. The molecule has 0 saturated carbocycles. The minimum absolute atomic E-state index is 0.00259. The molecule has 0 aliphatic rings. The van der Waals surface area contributed by atoms with Crippen LogP contribution in [0.15, 0.2) is 22.7 Å². The highest BCUT2D eigenvalue weighted by molar-refractivity contribution is 9.10. The second kappa shape index (κ2) is 5.99. The largest absolute Gasteiger partial charge is 0.308 e. The van der Waals surface area contributed by atoms with Gasteiger partial charge in [0.2, 0.25) is 0 Å². The molecule has 4 heteroatoms. The molecule has 0 aromatic heterocycles. The molecule has 1 aromatic carbocycles. The third-order valence-corrected chi connectivity index (χ3v) is 3.27. The Bertz CT molecular complexity index is 355. The van der Waals surface area contributed by atoms with Gasteiger partial charge < -0.3 is 5.32 Å². The average molecular weight is 309 g/mol. The van der Waals surface area contributed by atoms with Crippen LogP contribution in [0.5, 0.6) is 0 Å². The quantitative estimate of drug-likeness (QED) is 0.808. The Balaban J connectivity index is 2.57. The van der Waals surface area contributed by atoms with Crippen molar-refractivity contribution in [1.82, 2.24) is 5.32 Å². The molecule has 1 N–H and O–H groups in total. The van der Waals surface area contributed by atoms with Gasteiger partial charge in [0.25, 0.3) is 0 Å². The highest BCUT2D eigenvalue weighted by Crippen LogP contribution is 2.18. The van der Waals surface area contributed by atoms with E-state index in [0.717, 1.165) is 12.0 Å². The van der Waals surface area contributed by atoms with E-state index >= 15 is 0 Å². The molecule has 0 saturated heterocycles. The van der Waals surface area contributed by atoms with Crippen LogP contribution in [0, 0.1) is 5.82 Å². The minimum Gasteiger partial charge on any atom is -0.308 e. The Morgan fingerprint density at radius 3 is 2.69 bits per heavy atom. The van der Waals surface area contributed by atoms with Crippen LogP contribution in [-0.4, -0.2) is 11.4 Å². The van der Waals surface area contributed by atoms with Crippen molar-refractivity contribution in [2.24, 2.45) is 0 Å². The molecule has 1 nitrogen and oxygen atoms in total. The highest BCUT2D eigenvalue weighted by atomic mass is 79.9. The van der Waals surface area contributed by atoms with Gasteiger partial charge in [-0.2, -0.15) is 0 Å². The molecule has 0 bridgehead atoms. The predicted molar refractivity (Wildman–Crippen MR) is 70.4 cm³/mol. The maximum Gasteiger partial charge on any atom is 0.137 e. The van der Waals surface area contributed by atoms with Crippen molar-refractivity contribution in [3.05, 3.63) is 34.1 Å². The van der Waals surface area contributed by atoms with Gasteiger partial charge in [0, 0.05) is 18.0 Å². The van der Waals surface area contributed by atoms with Gasteiger partial charge in [0.05, 0.1) is 4.47 Å². The summed E-state index contributed by atoms with van der Waals surface area (Å²) in [5.41, 5.74) is 1.05. The zero-order valence-electron chi connectivity index (χ0n) is 9.49. The molecule has 0 amide bonds. The normalized spacial score (nSPS) is 11.8. The SMILES string of the molecule is CC(C)(CCCl)NCc1ccc(F)c(Br)c1. The van der Waals surface area contributed by atoms with E-state index in [1.165, 1.54) is 6.07 Å². The number of halogens is 3. The summed E-state index contributed by atoms with van der Waals surface area (Å²) in [6.07, 6.45) is 0.900. The molecule has 0 spiro atoms. The van der Waals surface area contributed by atoms with Crippen LogP contribution in [0.25, 0.3) is 0 Å². The number of rotatable bonds is 5. The summed E-state index contributed by atoms with van der Waals surface area (Å²) in [6.45, 7) is 4.92. The number of nitrogens with one attached hydrogen (secondary N) is 1. The van der Waals surface area contributed by atoms with Crippen molar-refractivity contribution >= 4 is 27.5 Å². The fourth-order valence-electron chi connectivity index (χ4n) is 1.32. The van der Waals surface area contributed by atoms with Crippen LogP contribution in [0.4, 0.5) is 4.39 Å². The van der Waals surface area contributed by atoms with Crippen molar-refractivity contribution < 1.29 is 4.39 Å². The van der Waals surface area contributed by atoms with Gasteiger partial charge in [-0.15, -0.1) is 11.6 Å². The molecular weight excluding hydrogens is 292 g/mol. The van der Waals surface area contributed by atoms with Crippen LogP contribution in [-0.2, 0) is 6.54 Å². The standard InChI is InChI=1S/C12H16BrClFN/c1-12(2,5-6-14)16-8-9-3-4-11(15)10(13)7-9/h3-4,7,16H,5-6,8H2,1-2H3. The lowest BCUT2D eigenvalue weighted by molar-refractivity contribution is 0.376. The first-order chi connectivity index (χ1) is 7.44. The molecular formula is C12H16BrClFN. The van der Waals surface area contributed by atoms with Gasteiger partial charge in [-0.1, -0.05) is 6.07 Å². The van der Waals surface area contributed by atoms with Crippen LogP contribution in [0.1, 0.15) is 25.8 Å². The Labute approximate surface area is 110 Å². The molecule has 0 atom stereocenters. The van der Waals surface area contributed by atoms with Gasteiger partial charge in [0.1, 0.15) is 5.82 Å². The first-order valence-corrected chi connectivity index (χ1v) is 6.52. The summed E-state index contributed by atoms with van der Waals surface area (Å²) in [5.74, 6) is 0.399. The minimum atomic E-state index is -0.233. The van der Waals surface area contributed by atoms with Gasteiger partial charge in [-0.05, 0) is 53.9 Å². The molecule has 16 heavy (non-hydrogen) atoms. The van der Waals surface area contributed by atoms with E-state index in [9.17, 15) is 4.39 Å². The lowest BCUT2D eigenvalue weighted by atomic mass is 10.0. The maximum absolute atomic E-state index is 13.0. The number of alkyl halides is 1. The Kier molecular flexibility index (Phi) is 5.22. The Hall–Kier alpha value is -0.120. The lowest BCUT2D eigenvalue weighted by Crippen LogP contribution is -2.39. The first kappa shape index (κ1) is 13.9. The number of benzene rings is 1. The zero-order valence-corrected chi connectivity index (χ0v) is 11.8. The number of hydrogen-bond acceptors (Lipinski definition) is 1. The van der Waals surface area contributed by atoms with E-state index in [1.807, 2.05) is 0 Å². The van der Waals surface area contributed by atoms with Crippen LogP contribution in [0.2, 0.25) is 0 Å². The van der Waals surface area contributed by atoms with Gasteiger partial charge in [0.15, 0.2) is 0 Å². The summed E-state index contributed by atoms with van der Waals surface area (Å²) in [5, 5.41) is 3.40. The van der Waals surface area contributed by atoms with E-state index in [0.29, 0.717) is 16.9 Å². The van der Waals surface area contributed by atoms with Crippen molar-refractivity contribution in [2.75, 3.05) is 5.88 Å². The second-order valence-electron chi connectivity index (χ2n) is 4.42. The molecule has 1 aromatic rings. The highest BCUT2D eigenvalue weighted by Gasteiger charge is 2.15.